The molecule has 0 unspecified atom stereocenters. The van der Waals surface area contributed by atoms with Gasteiger partial charge in [0.25, 0.3) is 0 Å². The van der Waals surface area contributed by atoms with Crippen molar-refractivity contribution in [3.63, 3.8) is 0 Å². The van der Waals surface area contributed by atoms with Crippen LogP contribution in [0, 0.1) is 11.2 Å². The molecule has 0 aromatic heterocycles. The molecular weight excluding hydrogens is 281 g/mol. The summed E-state index contributed by atoms with van der Waals surface area (Å²) in [5, 5.41) is 9.12. The Balaban J connectivity index is 2.83. The zero-order valence-corrected chi connectivity index (χ0v) is 12.7. The van der Waals surface area contributed by atoms with Gasteiger partial charge in [-0.2, -0.15) is 0 Å². The van der Waals surface area contributed by atoms with E-state index in [-0.39, 0.29) is 23.5 Å². The Bertz CT molecular complexity index is 510. The van der Waals surface area contributed by atoms with Crippen molar-refractivity contribution < 1.29 is 17.9 Å². The number of benzene rings is 1. The Morgan fingerprint density at radius 1 is 1.20 bits per heavy atom. The van der Waals surface area contributed by atoms with Gasteiger partial charge < -0.3 is 5.11 Å². The van der Waals surface area contributed by atoms with Crippen molar-refractivity contribution in [2.45, 2.75) is 38.0 Å². The minimum atomic E-state index is -3.65. The van der Waals surface area contributed by atoms with Crippen LogP contribution in [0.25, 0.3) is 0 Å². The van der Waals surface area contributed by atoms with E-state index in [1.807, 2.05) is 13.8 Å². The fourth-order valence-electron chi connectivity index (χ4n) is 2.12. The number of rotatable bonds is 8. The molecule has 0 bridgehead atoms. The lowest BCUT2D eigenvalue weighted by Crippen LogP contribution is -2.37. The summed E-state index contributed by atoms with van der Waals surface area (Å²) < 4.78 is 39.6. The van der Waals surface area contributed by atoms with E-state index in [0.717, 1.165) is 25.0 Å². The topological polar surface area (TPSA) is 66.4 Å². The first kappa shape index (κ1) is 17.1. The second-order valence-electron chi connectivity index (χ2n) is 4.96. The highest BCUT2D eigenvalue weighted by atomic mass is 32.2. The van der Waals surface area contributed by atoms with Crippen LogP contribution in [0.4, 0.5) is 4.39 Å². The summed E-state index contributed by atoms with van der Waals surface area (Å²) in [6.07, 6.45) is 2.10. The third-order valence-electron chi connectivity index (χ3n) is 3.90. The number of aliphatic hydroxyl groups excluding tert-OH is 1. The SMILES string of the molecule is CCC(CC)(CCO)CNS(=O)(=O)c1ccc(F)cc1. The van der Waals surface area contributed by atoms with E-state index in [4.69, 9.17) is 5.11 Å². The van der Waals surface area contributed by atoms with Crippen LogP contribution in [0.5, 0.6) is 0 Å². The van der Waals surface area contributed by atoms with E-state index in [9.17, 15) is 12.8 Å². The van der Waals surface area contributed by atoms with Gasteiger partial charge in [-0.3, -0.25) is 0 Å². The maximum Gasteiger partial charge on any atom is 0.240 e. The molecule has 0 aliphatic heterocycles. The van der Waals surface area contributed by atoms with Crippen LogP contribution in [-0.2, 0) is 10.0 Å². The summed E-state index contributed by atoms with van der Waals surface area (Å²) in [4.78, 5) is 0.0454. The average molecular weight is 303 g/mol. The molecule has 1 aromatic carbocycles. The highest BCUT2D eigenvalue weighted by molar-refractivity contribution is 7.89. The lowest BCUT2D eigenvalue weighted by Gasteiger charge is -2.31. The number of aliphatic hydroxyl groups is 1. The molecule has 0 spiro atoms. The lowest BCUT2D eigenvalue weighted by atomic mass is 9.80. The quantitative estimate of drug-likeness (QED) is 0.774. The summed E-state index contributed by atoms with van der Waals surface area (Å²) in [6, 6.07) is 4.72. The molecule has 0 amide bonds. The normalized spacial score (nSPS) is 12.6. The maximum absolute atomic E-state index is 12.8. The van der Waals surface area contributed by atoms with Gasteiger partial charge in [0, 0.05) is 13.2 Å². The molecule has 6 heteroatoms. The number of halogens is 1. The summed E-state index contributed by atoms with van der Waals surface area (Å²) in [7, 11) is -3.65. The molecule has 0 saturated heterocycles. The van der Waals surface area contributed by atoms with E-state index < -0.39 is 15.8 Å². The van der Waals surface area contributed by atoms with Crippen LogP contribution >= 0.6 is 0 Å². The van der Waals surface area contributed by atoms with Gasteiger partial charge in [0.2, 0.25) is 10.0 Å². The highest BCUT2D eigenvalue weighted by Gasteiger charge is 2.28. The van der Waals surface area contributed by atoms with Crippen molar-refractivity contribution in [1.29, 1.82) is 0 Å². The molecule has 2 N–H and O–H groups in total. The summed E-state index contributed by atoms with van der Waals surface area (Å²) in [5.74, 6) is -0.472. The largest absolute Gasteiger partial charge is 0.396 e. The molecule has 4 nitrogen and oxygen atoms in total. The molecule has 0 aliphatic rings. The van der Waals surface area contributed by atoms with E-state index in [1.165, 1.54) is 12.1 Å². The summed E-state index contributed by atoms with van der Waals surface area (Å²) in [5.41, 5.74) is -0.248. The molecule has 114 valence electrons. The van der Waals surface area contributed by atoms with E-state index in [0.29, 0.717) is 6.42 Å². The second-order valence-corrected chi connectivity index (χ2v) is 6.73. The highest BCUT2D eigenvalue weighted by Crippen LogP contribution is 2.29. The van der Waals surface area contributed by atoms with E-state index >= 15 is 0 Å². The van der Waals surface area contributed by atoms with Crippen molar-refractivity contribution in [3.8, 4) is 0 Å². The van der Waals surface area contributed by atoms with Crippen molar-refractivity contribution >= 4 is 10.0 Å². The molecule has 20 heavy (non-hydrogen) atoms. The Morgan fingerprint density at radius 3 is 2.20 bits per heavy atom. The fourth-order valence-corrected chi connectivity index (χ4v) is 3.28. The standard InChI is InChI=1S/C14H22FNO3S/c1-3-14(4-2,9-10-17)11-16-20(18,19)13-7-5-12(15)6-8-13/h5-8,16-17H,3-4,9-11H2,1-2H3. The number of hydrogen-bond donors (Lipinski definition) is 2. The van der Waals surface area contributed by atoms with Gasteiger partial charge in [-0.1, -0.05) is 13.8 Å². The van der Waals surface area contributed by atoms with Gasteiger partial charge in [0.05, 0.1) is 4.90 Å². The first-order valence-electron chi connectivity index (χ1n) is 6.75. The Kier molecular flexibility index (Phi) is 6.10. The molecule has 0 radical (unpaired) electrons. The third-order valence-corrected chi connectivity index (χ3v) is 5.32. The molecule has 0 atom stereocenters. The third kappa shape index (κ3) is 4.26. The van der Waals surface area contributed by atoms with E-state index in [1.54, 1.807) is 0 Å². The van der Waals surface area contributed by atoms with Crippen molar-refractivity contribution in [1.82, 2.24) is 4.72 Å². The van der Waals surface area contributed by atoms with Crippen LogP contribution in [0.15, 0.2) is 29.2 Å². The molecule has 1 aromatic rings. The molecular formula is C14H22FNO3S. The fraction of sp³-hybridized carbons (Fsp3) is 0.571. The van der Waals surface area contributed by atoms with Crippen molar-refractivity contribution in [2.24, 2.45) is 5.41 Å². The van der Waals surface area contributed by atoms with Gasteiger partial charge in [-0.25, -0.2) is 17.5 Å². The Hall–Kier alpha value is -0.980. The lowest BCUT2D eigenvalue weighted by molar-refractivity contribution is 0.170. The van der Waals surface area contributed by atoms with Crippen LogP contribution in [0.3, 0.4) is 0 Å². The predicted octanol–water partition coefficient (Wildman–Crippen LogP) is 2.29. The minimum Gasteiger partial charge on any atom is -0.396 e. The summed E-state index contributed by atoms with van der Waals surface area (Å²) in [6.45, 7) is 4.25. The molecule has 0 aliphatic carbocycles. The van der Waals surface area contributed by atoms with Gasteiger partial charge in [0.1, 0.15) is 5.82 Å². The minimum absolute atomic E-state index is 0.0277. The van der Waals surface area contributed by atoms with Crippen molar-refractivity contribution in [2.75, 3.05) is 13.2 Å². The first-order valence-corrected chi connectivity index (χ1v) is 8.23. The van der Waals surface area contributed by atoms with Crippen LogP contribution < -0.4 is 4.72 Å². The van der Waals surface area contributed by atoms with Crippen molar-refractivity contribution in [3.05, 3.63) is 30.1 Å². The number of hydrogen-bond acceptors (Lipinski definition) is 3. The van der Waals surface area contributed by atoms with E-state index in [2.05, 4.69) is 4.72 Å². The van der Waals surface area contributed by atoms with Crippen LogP contribution in [-0.4, -0.2) is 26.7 Å². The molecule has 0 fully saturated rings. The van der Waals surface area contributed by atoms with Gasteiger partial charge in [-0.15, -0.1) is 0 Å². The van der Waals surface area contributed by atoms with Crippen LogP contribution in [0.2, 0.25) is 0 Å². The van der Waals surface area contributed by atoms with Crippen LogP contribution in [0.1, 0.15) is 33.1 Å². The first-order chi connectivity index (χ1) is 9.39. The predicted molar refractivity (Wildman–Crippen MR) is 76.3 cm³/mol. The number of sulfonamides is 1. The van der Waals surface area contributed by atoms with Gasteiger partial charge in [0.15, 0.2) is 0 Å². The van der Waals surface area contributed by atoms with Gasteiger partial charge >= 0.3 is 0 Å². The second kappa shape index (κ2) is 7.15. The average Bonchev–Trinajstić information content (AvgIpc) is 2.44. The monoisotopic (exact) mass is 303 g/mol. The molecule has 1 rings (SSSR count). The zero-order chi connectivity index (χ0) is 15.2. The smallest absolute Gasteiger partial charge is 0.240 e. The number of nitrogens with one attached hydrogen (secondary N) is 1. The molecule has 0 heterocycles. The Morgan fingerprint density at radius 2 is 1.75 bits per heavy atom. The van der Waals surface area contributed by atoms with Gasteiger partial charge in [-0.05, 0) is 48.9 Å². The molecule has 0 saturated carbocycles. The zero-order valence-electron chi connectivity index (χ0n) is 11.9. The Labute approximate surface area is 120 Å². The summed E-state index contributed by atoms with van der Waals surface area (Å²) >= 11 is 0. The maximum atomic E-state index is 12.8.